The predicted octanol–water partition coefficient (Wildman–Crippen LogP) is 3.41. The van der Waals surface area contributed by atoms with Crippen LogP contribution in [0.5, 0.6) is 0 Å². The van der Waals surface area contributed by atoms with Crippen LogP contribution in [0.25, 0.3) is 0 Å². The molecule has 7 N–H and O–H groups in total. The molecule has 348 valence electrons. The van der Waals surface area contributed by atoms with Crippen molar-refractivity contribution in [2.45, 2.75) is 134 Å². The van der Waals surface area contributed by atoms with Crippen molar-refractivity contribution < 1.29 is 62.7 Å². The smallest absolute Gasteiger partial charge is 0.326 e. The third-order valence-corrected chi connectivity index (χ3v) is 9.75. The van der Waals surface area contributed by atoms with Crippen LogP contribution in [0.1, 0.15) is 128 Å². The molecule has 19 heteroatoms. The molecule has 0 aromatic heterocycles. The van der Waals surface area contributed by atoms with Crippen molar-refractivity contribution in [1.29, 1.82) is 0 Å². The highest BCUT2D eigenvalue weighted by Crippen LogP contribution is 2.14. The number of unbranched alkanes of at least 4 members (excludes halogenated alkanes) is 14. The summed E-state index contributed by atoms with van der Waals surface area (Å²) in [4.78, 5) is 81.4. The molecule has 0 unspecified atom stereocenters. The van der Waals surface area contributed by atoms with Crippen LogP contribution < -0.4 is 26.6 Å². The Balaban J connectivity index is 3.64. The van der Waals surface area contributed by atoms with E-state index in [9.17, 15) is 38.7 Å². The molecule has 0 aromatic carbocycles. The number of amides is 5. The van der Waals surface area contributed by atoms with Crippen LogP contribution in [-0.4, -0.2) is 141 Å². The van der Waals surface area contributed by atoms with Gasteiger partial charge in [0.2, 0.25) is 29.5 Å². The normalized spacial score (nSPS) is 11.4. The highest BCUT2D eigenvalue weighted by Gasteiger charge is 2.20. The van der Waals surface area contributed by atoms with Gasteiger partial charge < -0.3 is 55.7 Å². The SMILES string of the molecule is O=C(O)CCCCCCCCCCCCCCCCC(=O)N[C@@H](CCC(=O)NCCOCCOCC(=O)NCCOCCOCC(=O)NCCCCNC(=O)CI)C(=O)O. The Hall–Kier alpha value is -3.14. The summed E-state index contributed by atoms with van der Waals surface area (Å²) in [7, 11) is 0. The van der Waals surface area contributed by atoms with Crippen LogP contribution in [-0.2, 0) is 52.5 Å². The molecule has 60 heavy (non-hydrogen) atoms. The molecule has 0 rings (SSSR count). The number of hydrogen-bond acceptors (Lipinski definition) is 11. The van der Waals surface area contributed by atoms with Crippen LogP contribution in [0.15, 0.2) is 0 Å². The number of aliphatic carboxylic acids is 2. The number of alkyl halides is 1. The van der Waals surface area contributed by atoms with Gasteiger partial charge in [-0.3, -0.25) is 28.8 Å². The lowest BCUT2D eigenvalue weighted by atomic mass is 10.0. The molecule has 0 heterocycles. The molecule has 0 fully saturated rings. The fourth-order valence-electron chi connectivity index (χ4n) is 5.72. The summed E-state index contributed by atoms with van der Waals surface area (Å²) in [5, 5.41) is 31.5. The lowest BCUT2D eigenvalue weighted by Crippen LogP contribution is -2.41. The van der Waals surface area contributed by atoms with Crippen LogP contribution in [0.2, 0.25) is 0 Å². The maximum atomic E-state index is 12.3. The standard InChI is InChI=1S/C41H74IN5O13/c42-31-37(50)43-21-15-16-22-44-38(51)32-59-29-28-58-26-24-46-39(52)33-60-30-27-57-25-23-45-35(48)20-19-34(41(55)56)47-36(49)17-13-11-9-7-5-3-1-2-4-6-8-10-12-14-18-40(53)54/h34H,1-33H2,(H,43,50)(H,44,51)(H,45,48)(H,46,52)(H,47,49)(H,53,54)(H,55,56)/t34-/m0/s1. The van der Waals surface area contributed by atoms with E-state index in [2.05, 4.69) is 26.6 Å². The number of carbonyl (C=O) groups excluding carboxylic acids is 5. The molecule has 18 nitrogen and oxygen atoms in total. The number of halogens is 1. The molecule has 0 aromatic rings. The van der Waals surface area contributed by atoms with Gasteiger partial charge in [0.25, 0.3) is 0 Å². The summed E-state index contributed by atoms with van der Waals surface area (Å²) < 4.78 is 21.7. The van der Waals surface area contributed by atoms with E-state index >= 15 is 0 Å². The molecule has 0 saturated carbocycles. The maximum Gasteiger partial charge on any atom is 0.326 e. The van der Waals surface area contributed by atoms with Gasteiger partial charge in [0.15, 0.2) is 0 Å². The average Bonchev–Trinajstić information content (AvgIpc) is 3.21. The summed E-state index contributed by atoms with van der Waals surface area (Å²) in [6, 6.07) is -1.14. The summed E-state index contributed by atoms with van der Waals surface area (Å²) >= 11 is 2.00. The first kappa shape index (κ1) is 56.9. The zero-order valence-electron chi connectivity index (χ0n) is 35.7. The number of ether oxygens (including phenoxy) is 4. The highest BCUT2D eigenvalue weighted by atomic mass is 127. The second-order valence-electron chi connectivity index (χ2n) is 14.4. The van der Waals surface area contributed by atoms with E-state index < -0.39 is 18.0 Å². The van der Waals surface area contributed by atoms with E-state index in [0.29, 0.717) is 23.9 Å². The summed E-state index contributed by atoms with van der Waals surface area (Å²) in [6.07, 6.45) is 17.0. The van der Waals surface area contributed by atoms with Crippen LogP contribution in [0.4, 0.5) is 0 Å². The highest BCUT2D eigenvalue weighted by molar-refractivity contribution is 14.1. The Bertz CT molecular complexity index is 1170. The molecule has 0 aliphatic heterocycles. The quantitative estimate of drug-likeness (QED) is 0.0263. The first-order valence-electron chi connectivity index (χ1n) is 21.7. The number of rotatable bonds is 44. The lowest BCUT2D eigenvalue weighted by molar-refractivity contribution is -0.142. The molecular weight excluding hydrogens is 897 g/mol. The van der Waals surface area contributed by atoms with Crippen molar-refractivity contribution in [3.8, 4) is 0 Å². The average molecular weight is 972 g/mol. The topological polar surface area (TPSA) is 257 Å². The second kappa shape index (κ2) is 42.5. The molecular formula is C41H74IN5O13. The van der Waals surface area contributed by atoms with Gasteiger partial charge in [-0.15, -0.1) is 0 Å². The van der Waals surface area contributed by atoms with Gasteiger partial charge in [0.05, 0.1) is 44.1 Å². The van der Waals surface area contributed by atoms with Crippen molar-refractivity contribution in [1.82, 2.24) is 26.6 Å². The minimum atomic E-state index is -1.18. The van der Waals surface area contributed by atoms with E-state index in [0.717, 1.165) is 51.4 Å². The Morgan fingerprint density at radius 1 is 0.417 bits per heavy atom. The van der Waals surface area contributed by atoms with Crippen molar-refractivity contribution in [2.24, 2.45) is 0 Å². The van der Waals surface area contributed by atoms with Crippen LogP contribution >= 0.6 is 22.6 Å². The Morgan fingerprint density at radius 3 is 1.27 bits per heavy atom. The minimum Gasteiger partial charge on any atom is -0.481 e. The van der Waals surface area contributed by atoms with Crippen molar-refractivity contribution in [3.63, 3.8) is 0 Å². The summed E-state index contributed by atoms with van der Waals surface area (Å²) in [5.41, 5.74) is 0. The molecule has 5 amide bonds. The Labute approximate surface area is 370 Å². The van der Waals surface area contributed by atoms with Crippen molar-refractivity contribution in [2.75, 3.05) is 83.5 Å². The van der Waals surface area contributed by atoms with Gasteiger partial charge in [0.1, 0.15) is 19.3 Å². The molecule has 0 aliphatic rings. The predicted molar refractivity (Wildman–Crippen MR) is 234 cm³/mol. The fourth-order valence-corrected chi connectivity index (χ4v) is 5.99. The molecule has 1 atom stereocenters. The van der Waals surface area contributed by atoms with E-state index in [1.165, 1.54) is 44.9 Å². The van der Waals surface area contributed by atoms with Gasteiger partial charge in [-0.05, 0) is 32.1 Å². The van der Waals surface area contributed by atoms with Crippen molar-refractivity contribution >= 4 is 64.1 Å². The zero-order chi connectivity index (χ0) is 44.3. The van der Waals surface area contributed by atoms with Crippen LogP contribution in [0.3, 0.4) is 0 Å². The van der Waals surface area contributed by atoms with Gasteiger partial charge in [-0.25, -0.2) is 4.79 Å². The Morgan fingerprint density at radius 2 is 0.817 bits per heavy atom. The number of carboxylic acids is 2. The molecule has 0 bridgehead atoms. The number of carbonyl (C=O) groups is 7. The number of nitrogens with one attached hydrogen (secondary N) is 5. The van der Waals surface area contributed by atoms with Gasteiger partial charge in [0, 0.05) is 45.4 Å². The zero-order valence-corrected chi connectivity index (χ0v) is 37.8. The second-order valence-corrected chi connectivity index (χ2v) is 15.2. The molecule has 0 saturated heterocycles. The van der Waals surface area contributed by atoms with E-state index in [4.69, 9.17) is 24.1 Å². The monoisotopic (exact) mass is 971 g/mol. The third-order valence-electron chi connectivity index (χ3n) is 9.05. The number of carboxylic acid groups (broad SMARTS) is 2. The molecule has 0 aliphatic carbocycles. The van der Waals surface area contributed by atoms with Crippen molar-refractivity contribution in [3.05, 3.63) is 0 Å². The fraction of sp³-hybridized carbons (Fsp3) is 0.829. The minimum absolute atomic E-state index is 0.00224. The first-order chi connectivity index (χ1) is 29.0. The van der Waals surface area contributed by atoms with Gasteiger partial charge >= 0.3 is 11.9 Å². The summed E-state index contributed by atoms with van der Waals surface area (Å²) in [5.74, 6) is -3.12. The maximum absolute atomic E-state index is 12.3. The van der Waals surface area contributed by atoms with E-state index in [-0.39, 0.29) is 121 Å². The van der Waals surface area contributed by atoms with E-state index in [1.807, 2.05) is 22.6 Å². The first-order valence-corrected chi connectivity index (χ1v) is 23.2. The largest absolute Gasteiger partial charge is 0.481 e. The Kier molecular flexibility index (Phi) is 40.3. The van der Waals surface area contributed by atoms with Crippen LogP contribution in [0, 0.1) is 0 Å². The summed E-state index contributed by atoms with van der Waals surface area (Å²) in [6.45, 7) is 2.69. The third kappa shape index (κ3) is 41.6. The van der Waals surface area contributed by atoms with Gasteiger partial charge in [-0.2, -0.15) is 0 Å². The molecule has 0 spiro atoms. The van der Waals surface area contributed by atoms with E-state index in [1.54, 1.807) is 0 Å². The number of hydrogen-bond donors (Lipinski definition) is 7. The van der Waals surface area contributed by atoms with Gasteiger partial charge in [-0.1, -0.05) is 99.6 Å². The molecule has 0 radical (unpaired) electrons. The lowest BCUT2D eigenvalue weighted by Gasteiger charge is -2.14.